The summed E-state index contributed by atoms with van der Waals surface area (Å²) in [6, 6.07) is 17.8. The lowest BCUT2D eigenvalue weighted by atomic mass is 9.99. The van der Waals surface area contributed by atoms with Crippen molar-refractivity contribution in [2.45, 2.75) is 32.0 Å². The van der Waals surface area contributed by atoms with Gasteiger partial charge in [0.15, 0.2) is 5.78 Å². The van der Waals surface area contributed by atoms with Gasteiger partial charge in [0.05, 0.1) is 23.4 Å². The average Bonchev–Trinajstić information content (AvgIpc) is 2.93. The molecule has 0 saturated heterocycles. The molecular formula is C29H25F3N4O2. The van der Waals surface area contributed by atoms with Crippen LogP contribution >= 0.6 is 0 Å². The number of fused-ring (bicyclic) bond motifs is 1. The third-order valence-corrected chi connectivity index (χ3v) is 6.58. The molecule has 0 fully saturated rings. The number of Topliss-reactive ketones (excluding diaryl/α,β-unsaturated/α-hetero) is 1. The lowest BCUT2D eigenvalue weighted by Crippen LogP contribution is -2.42. The Morgan fingerprint density at radius 2 is 1.68 bits per heavy atom. The number of aromatic nitrogens is 3. The first kappa shape index (κ1) is 25.4. The molecule has 6 nitrogen and oxygen atoms in total. The molecule has 0 amide bonds. The number of anilines is 1. The van der Waals surface area contributed by atoms with Crippen LogP contribution < -0.4 is 10.5 Å². The minimum atomic E-state index is -4.55. The highest BCUT2D eigenvalue weighted by molar-refractivity contribution is 5.84. The second kappa shape index (κ2) is 10.6. The Morgan fingerprint density at radius 3 is 2.42 bits per heavy atom. The predicted octanol–water partition coefficient (Wildman–Crippen LogP) is 5.40. The molecule has 194 valence electrons. The second-order valence-corrected chi connectivity index (χ2v) is 9.21. The Balaban J connectivity index is 1.55. The predicted molar refractivity (Wildman–Crippen MR) is 139 cm³/mol. The lowest BCUT2D eigenvalue weighted by Gasteiger charge is -2.31. The van der Waals surface area contributed by atoms with Crippen LogP contribution in [0.2, 0.25) is 0 Å². The number of pyridine rings is 1. The van der Waals surface area contributed by atoms with Crippen LogP contribution in [0.15, 0.2) is 83.9 Å². The van der Waals surface area contributed by atoms with Gasteiger partial charge in [0.1, 0.15) is 0 Å². The summed E-state index contributed by atoms with van der Waals surface area (Å²) in [4.78, 5) is 37.3. The Morgan fingerprint density at radius 1 is 0.921 bits per heavy atom. The summed E-state index contributed by atoms with van der Waals surface area (Å²) in [6.45, 7) is 0.999. The monoisotopic (exact) mass is 518 g/mol. The highest BCUT2D eigenvalue weighted by atomic mass is 19.4. The van der Waals surface area contributed by atoms with Gasteiger partial charge < -0.3 is 4.90 Å². The Kier molecular flexibility index (Phi) is 7.09. The van der Waals surface area contributed by atoms with Crippen LogP contribution in [0.25, 0.3) is 22.4 Å². The highest BCUT2D eigenvalue weighted by Crippen LogP contribution is 2.35. The summed E-state index contributed by atoms with van der Waals surface area (Å²) in [5.41, 5.74) is 0.810. The summed E-state index contributed by atoms with van der Waals surface area (Å²) >= 11 is 0. The summed E-state index contributed by atoms with van der Waals surface area (Å²) in [6.07, 6.45) is 0.0945. The molecule has 3 heterocycles. The largest absolute Gasteiger partial charge is 0.416 e. The number of hydrogen-bond acceptors (Lipinski definition) is 5. The summed E-state index contributed by atoms with van der Waals surface area (Å²) in [5.74, 6) is 0.362. The van der Waals surface area contributed by atoms with Crippen molar-refractivity contribution in [1.82, 2.24) is 14.5 Å². The molecule has 0 atom stereocenters. The van der Waals surface area contributed by atoms with Gasteiger partial charge >= 0.3 is 6.18 Å². The van der Waals surface area contributed by atoms with E-state index < -0.39 is 17.3 Å². The number of alkyl halides is 3. The fourth-order valence-electron chi connectivity index (χ4n) is 4.71. The van der Waals surface area contributed by atoms with Crippen LogP contribution in [0, 0.1) is 0 Å². The molecule has 0 radical (unpaired) electrons. The van der Waals surface area contributed by atoms with E-state index in [-0.39, 0.29) is 29.1 Å². The fourth-order valence-corrected chi connectivity index (χ4v) is 4.71. The van der Waals surface area contributed by atoms with Gasteiger partial charge in [0.2, 0.25) is 5.95 Å². The van der Waals surface area contributed by atoms with Crippen molar-refractivity contribution in [3.8, 4) is 22.4 Å². The van der Waals surface area contributed by atoms with Crippen molar-refractivity contribution >= 4 is 11.7 Å². The SMILES string of the molecule is O=C(CCc1ccccc1)CN1CCCn2c1nc(-c1ccncc1)c(-c1cccc(C(F)(F)F)c1)c2=O. The van der Waals surface area contributed by atoms with Crippen LogP contribution in [0.1, 0.15) is 24.0 Å². The van der Waals surface area contributed by atoms with Crippen LogP contribution in [-0.4, -0.2) is 33.4 Å². The van der Waals surface area contributed by atoms with Crippen molar-refractivity contribution in [3.63, 3.8) is 0 Å². The molecule has 2 aromatic carbocycles. The van der Waals surface area contributed by atoms with E-state index in [4.69, 9.17) is 4.98 Å². The molecule has 2 aromatic heterocycles. The zero-order valence-corrected chi connectivity index (χ0v) is 20.5. The molecular weight excluding hydrogens is 493 g/mol. The molecule has 0 saturated carbocycles. The zero-order chi connectivity index (χ0) is 26.7. The van der Waals surface area contributed by atoms with E-state index in [1.54, 1.807) is 17.0 Å². The van der Waals surface area contributed by atoms with Gasteiger partial charge in [0, 0.05) is 37.5 Å². The Hall–Kier alpha value is -4.27. The standard InChI is InChI=1S/C29H25F3N4O2/c30-29(31,32)23-9-4-8-22(18-23)25-26(21-12-14-33-15-13-21)34-28-35(16-5-17-36(28)27(25)38)19-24(37)11-10-20-6-2-1-3-7-20/h1-4,6-9,12-15,18H,5,10-11,16-17,19H2. The molecule has 0 bridgehead atoms. The summed E-state index contributed by atoms with van der Waals surface area (Å²) in [7, 11) is 0. The molecule has 5 rings (SSSR count). The van der Waals surface area contributed by atoms with Gasteiger partial charge in [-0.05, 0) is 48.2 Å². The normalized spacial score (nSPS) is 13.3. The van der Waals surface area contributed by atoms with Gasteiger partial charge in [-0.25, -0.2) is 4.98 Å². The van der Waals surface area contributed by atoms with E-state index >= 15 is 0 Å². The number of nitrogens with zero attached hydrogens (tertiary/aromatic N) is 4. The molecule has 9 heteroatoms. The molecule has 38 heavy (non-hydrogen) atoms. The van der Waals surface area contributed by atoms with Gasteiger partial charge in [-0.2, -0.15) is 13.2 Å². The zero-order valence-electron chi connectivity index (χ0n) is 20.5. The van der Waals surface area contributed by atoms with E-state index in [9.17, 15) is 22.8 Å². The van der Waals surface area contributed by atoms with E-state index in [0.717, 1.165) is 17.7 Å². The summed E-state index contributed by atoms with van der Waals surface area (Å²) < 4.78 is 41.9. The fraction of sp³-hybridized carbons (Fsp3) is 0.241. The van der Waals surface area contributed by atoms with E-state index in [1.165, 1.54) is 29.1 Å². The smallest absolute Gasteiger partial charge is 0.335 e. The first-order chi connectivity index (χ1) is 18.3. The maximum Gasteiger partial charge on any atom is 0.416 e. The number of carbonyl (C=O) groups excluding carboxylic acids is 1. The maximum atomic E-state index is 13.8. The van der Waals surface area contributed by atoms with Crippen molar-refractivity contribution in [3.05, 3.63) is 101 Å². The van der Waals surface area contributed by atoms with Crippen molar-refractivity contribution in [1.29, 1.82) is 0 Å². The number of benzene rings is 2. The van der Waals surface area contributed by atoms with Crippen LogP contribution in [0.3, 0.4) is 0 Å². The second-order valence-electron chi connectivity index (χ2n) is 9.21. The van der Waals surface area contributed by atoms with Crippen molar-refractivity contribution < 1.29 is 18.0 Å². The Labute approximate surface area is 217 Å². The number of aryl methyl sites for hydroxylation is 1. The maximum absolute atomic E-state index is 13.8. The van der Waals surface area contributed by atoms with Gasteiger partial charge in [-0.3, -0.25) is 19.1 Å². The van der Waals surface area contributed by atoms with Gasteiger partial charge in [-0.1, -0.05) is 42.5 Å². The quantitative estimate of drug-likeness (QED) is 0.328. The van der Waals surface area contributed by atoms with Crippen LogP contribution in [0.4, 0.5) is 19.1 Å². The molecule has 0 spiro atoms. The molecule has 0 unspecified atom stereocenters. The molecule has 0 aliphatic carbocycles. The third-order valence-electron chi connectivity index (χ3n) is 6.58. The highest BCUT2D eigenvalue weighted by Gasteiger charge is 2.32. The van der Waals surface area contributed by atoms with Crippen LogP contribution in [-0.2, 0) is 23.9 Å². The topological polar surface area (TPSA) is 68.1 Å². The first-order valence-electron chi connectivity index (χ1n) is 12.3. The number of carbonyl (C=O) groups is 1. The van der Waals surface area contributed by atoms with E-state index in [1.807, 2.05) is 30.3 Å². The number of halogens is 3. The van der Waals surface area contributed by atoms with Gasteiger partial charge in [0.25, 0.3) is 5.56 Å². The van der Waals surface area contributed by atoms with Crippen molar-refractivity contribution in [2.24, 2.45) is 0 Å². The minimum Gasteiger partial charge on any atom is -0.335 e. The Bertz CT molecular complexity index is 1500. The average molecular weight is 519 g/mol. The number of hydrogen-bond donors (Lipinski definition) is 0. The van der Waals surface area contributed by atoms with E-state index in [2.05, 4.69) is 4.98 Å². The molecule has 4 aromatic rings. The first-order valence-corrected chi connectivity index (χ1v) is 12.3. The van der Waals surface area contributed by atoms with Crippen molar-refractivity contribution in [2.75, 3.05) is 18.0 Å². The van der Waals surface area contributed by atoms with Gasteiger partial charge in [-0.15, -0.1) is 0 Å². The minimum absolute atomic E-state index is 0.0176. The van der Waals surface area contributed by atoms with E-state index in [0.29, 0.717) is 43.9 Å². The molecule has 1 aliphatic heterocycles. The van der Waals surface area contributed by atoms with Crippen LogP contribution in [0.5, 0.6) is 0 Å². The third kappa shape index (κ3) is 5.37. The lowest BCUT2D eigenvalue weighted by molar-refractivity contribution is -0.137. The number of ketones is 1. The molecule has 1 aliphatic rings. The molecule has 0 N–H and O–H groups in total. The summed E-state index contributed by atoms with van der Waals surface area (Å²) in [5, 5.41) is 0. The number of rotatable bonds is 7.